The number of unbranched alkanes of at least 4 members (excludes halogenated alkanes) is 12. The minimum atomic E-state index is 1.22. The van der Waals surface area contributed by atoms with E-state index >= 15 is 0 Å². The summed E-state index contributed by atoms with van der Waals surface area (Å²) in [6.07, 6.45) is 21.5. The van der Waals surface area contributed by atoms with Crippen LogP contribution in [0.25, 0.3) is 41.1 Å². The first-order chi connectivity index (χ1) is 24.7. The van der Waals surface area contributed by atoms with Gasteiger partial charge in [0.1, 0.15) is 0 Å². The fourth-order valence-electron chi connectivity index (χ4n) is 6.24. The van der Waals surface area contributed by atoms with Crippen LogP contribution < -0.4 is 0 Å². The van der Waals surface area contributed by atoms with Gasteiger partial charge in [0, 0.05) is 50.8 Å². The second-order valence-electron chi connectivity index (χ2n) is 13.2. The van der Waals surface area contributed by atoms with Crippen molar-refractivity contribution in [3.05, 3.63) is 35.0 Å². The topological polar surface area (TPSA) is 0 Å². The molecule has 0 spiro atoms. The lowest BCUT2D eigenvalue weighted by Crippen LogP contribution is -1.83. The van der Waals surface area contributed by atoms with E-state index in [1.54, 1.807) is 8.42 Å². The van der Waals surface area contributed by atoms with Gasteiger partial charge in [-0.25, -0.2) is 0 Å². The molecular weight excluding hydrogens is 761 g/mol. The van der Waals surface area contributed by atoms with Crippen LogP contribution in [0.15, 0.2) is 53.2 Å². The van der Waals surface area contributed by atoms with Crippen molar-refractivity contribution in [1.29, 1.82) is 0 Å². The Labute approximate surface area is 337 Å². The average molecular weight is 819 g/mol. The molecule has 0 bridgehead atoms. The number of fused-ring (bicyclic) bond motifs is 2. The molecule has 5 aromatic rings. The van der Waals surface area contributed by atoms with Crippen molar-refractivity contribution in [2.24, 2.45) is 0 Å². The molecule has 0 aliphatic heterocycles. The van der Waals surface area contributed by atoms with E-state index in [-0.39, 0.29) is 0 Å². The highest BCUT2D eigenvalue weighted by molar-refractivity contribution is 8.04. The van der Waals surface area contributed by atoms with E-state index in [0.717, 1.165) is 0 Å². The Morgan fingerprint density at radius 3 is 1.24 bits per heavy atom. The van der Waals surface area contributed by atoms with E-state index in [0.29, 0.717) is 0 Å². The van der Waals surface area contributed by atoms with Gasteiger partial charge in [-0.15, -0.1) is 92.4 Å². The molecule has 0 amide bonds. The molecule has 0 nitrogen and oxygen atoms in total. The zero-order valence-electron chi connectivity index (χ0n) is 30.9. The summed E-state index contributed by atoms with van der Waals surface area (Å²) in [5.41, 5.74) is 2.96. The second kappa shape index (κ2) is 23.0. The Hall–Kier alpha value is -0.0600. The Balaban J connectivity index is 1.44. The lowest BCUT2D eigenvalue weighted by molar-refractivity contribution is 0.627. The number of thiophene rings is 4. The molecule has 4 aromatic heterocycles. The maximum atomic E-state index is 2.56. The second-order valence-corrected chi connectivity index (χ2v) is 22.2. The zero-order valence-corrected chi connectivity index (χ0v) is 37.4. The predicted octanol–water partition coefficient (Wildman–Crippen LogP) is 18.3. The van der Waals surface area contributed by atoms with Crippen molar-refractivity contribution in [2.75, 3.05) is 23.0 Å². The van der Waals surface area contributed by atoms with Gasteiger partial charge in [-0.2, -0.15) is 0 Å². The first-order valence-electron chi connectivity index (χ1n) is 19.4. The number of hydrogen-bond acceptors (Lipinski definition) is 8. The highest BCUT2D eigenvalue weighted by atomic mass is 32.2. The van der Waals surface area contributed by atoms with Gasteiger partial charge in [0.2, 0.25) is 0 Å². The van der Waals surface area contributed by atoms with Crippen molar-refractivity contribution in [1.82, 2.24) is 0 Å². The molecule has 274 valence electrons. The summed E-state index contributed by atoms with van der Waals surface area (Å²) in [6, 6.07) is 9.96. The van der Waals surface area contributed by atoms with Crippen LogP contribution in [-0.4, -0.2) is 23.0 Å². The third-order valence-corrected chi connectivity index (χ3v) is 18.8. The monoisotopic (exact) mass is 818 g/mol. The van der Waals surface area contributed by atoms with E-state index in [4.69, 9.17) is 0 Å². The third-order valence-electron chi connectivity index (χ3n) is 9.12. The summed E-state index contributed by atoms with van der Waals surface area (Å²) in [7, 11) is 0. The molecule has 50 heavy (non-hydrogen) atoms. The first-order valence-corrected chi connectivity index (χ1v) is 26.7. The van der Waals surface area contributed by atoms with Gasteiger partial charge in [-0.1, -0.05) is 105 Å². The Morgan fingerprint density at radius 1 is 0.440 bits per heavy atom. The quantitative estimate of drug-likeness (QED) is 0.0402. The molecular formula is C42H58S8. The van der Waals surface area contributed by atoms with E-state index in [9.17, 15) is 0 Å². The SMILES string of the molecule is CCCCCCCCSc1sc(-c2c3ccsc3c(-c3cc(SCCCC)c(SCCCCCCCC)s3)c3ccsc23)cc1SCCCC. The molecule has 0 radical (unpaired) electrons. The molecule has 0 aliphatic carbocycles. The molecule has 0 aliphatic rings. The fourth-order valence-corrected chi connectivity index (χ4v) is 16.4. The molecule has 0 fully saturated rings. The van der Waals surface area contributed by atoms with Crippen LogP contribution in [0.2, 0.25) is 0 Å². The zero-order chi connectivity index (χ0) is 35.0. The van der Waals surface area contributed by atoms with Crippen LogP contribution in [0.3, 0.4) is 0 Å². The smallest absolute Gasteiger partial charge is 0.0741 e. The third kappa shape index (κ3) is 11.5. The van der Waals surface area contributed by atoms with Gasteiger partial charge in [0.25, 0.3) is 0 Å². The van der Waals surface area contributed by atoms with Crippen LogP contribution in [-0.2, 0) is 0 Å². The molecule has 0 unspecified atom stereocenters. The summed E-state index contributed by atoms with van der Waals surface area (Å²) in [6.45, 7) is 9.25. The Bertz CT molecular complexity index is 1510. The molecule has 0 N–H and O–H groups in total. The van der Waals surface area contributed by atoms with Gasteiger partial charge >= 0.3 is 0 Å². The number of thioether (sulfide) groups is 4. The molecule has 0 atom stereocenters. The highest BCUT2D eigenvalue weighted by Gasteiger charge is 2.23. The van der Waals surface area contributed by atoms with Gasteiger partial charge in [0.05, 0.1) is 8.42 Å². The molecule has 0 saturated carbocycles. The first kappa shape index (κ1) is 41.1. The van der Waals surface area contributed by atoms with E-state index < -0.39 is 0 Å². The van der Waals surface area contributed by atoms with Gasteiger partial charge in [-0.3, -0.25) is 0 Å². The highest BCUT2D eigenvalue weighted by Crippen LogP contribution is 2.54. The van der Waals surface area contributed by atoms with E-state index in [1.807, 2.05) is 22.7 Å². The molecule has 1 aromatic carbocycles. The van der Waals surface area contributed by atoms with Gasteiger partial charge in [0.15, 0.2) is 0 Å². The van der Waals surface area contributed by atoms with Crippen molar-refractivity contribution in [2.45, 2.75) is 149 Å². The molecule has 5 rings (SSSR count). The standard InChI is InChI=1S/C42H58S8/c1-5-9-13-15-17-19-25-47-41-35(43-23-11-7-3)29-33(49-41)37-31-21-27-46-40(31)38(32-22-28-45-39(32)37)34-30-36(44-24-12-8-4)42(50-34)48-26-20-18-16-14-10-6-2/h21-22,27-30H,5-20,23-26H2,1-4H3. The fraction of sp³-hybridized carbons (Fsp3) is 0.571. The molecule has 0 saturated heterocycles. The largest absolute Gasteiger partial charge is 0.143 e. The minimum absolute atomic E-state index is 1.22. The van der Waals surface area contributed by atoms with Crippen molar-refractivity contribution >= 4 is 113 Å². The average Bonchev–Trinajstić information content (AvgIpc) is 3.94. The summed E-state index contributed by atoms with van der Waals surface area (Å²) in [4.78, 5) is 5.97. The molecule has 4 heterocycles. The van der Waals surface area contributed by atoms with Crippen LogP contribution in [0.4, 0.5) is 0 Å². The Morgan fingerprint density at radius 2 is 0.820 bits per heavy atom. The minimum Gasteiger partial charge on any atom is -0.143 e. The van der Waals surface area contributed by atoms with Crippen LogP contribution in [0.1, 0.15) is 130 Å². The van der Waals surface area contributed by atoms with Crippen LogP contribution in [0, 0.1) is 0 Å². The Kier molecular flexibility index (Phi) is 18.9. The van der Waals surface area contributed by atoms with Crippen LogP contribution >= 0.6 is 92.4 Å². The lowest BCUT2D eigenvalue weighted by Gasteiger charge is -2.09. The van der Waals surface area contributed by atoms with Gasteiger partial charge in [-0.05, 0) is 83.7 Å². The molecule has 8 heteroatoms. The lowest BCUT2D eigenvalue weighted by atomic mass is 10.0. The van der Waals surface area contributed by atoms with Crippen LogP contribution in [0.5, 0.6) is 0 Å². The van der Waals surface area contributed by atoms with Crippen molar-refractivity contribution < 1.29 is 0 Å². The number of hydrogen-bond donors (Lipinski definition) is 0. The van der Waals surface area contributed by atoms with Crippen molar-refractivity contribution in [3.63, 3.8) is 0 Å². The van der Waals surface area contributed by atoms with Crippen molar-refractivity contribution in [3.8, 4) is 20.9 Å². The van der Waals surface area contributed by atoms with E-state index in [2.05, 4.69) is 132 Å². The number of benzene rings is 1. The van der Waals surface area contributed by atoms with E-state index in [1.165, 1.54) is 177 Å². The summed E-state index contributed by atoms with van der Waals surface area (Å²) in [5, 5.41) is 7.60. The maximum absolute atomic E-state index is 2.56. The maximum Gasteiger partial charge on any atom is 0.0741 e. The number of rotatable bonds is 26. The predicted molar refractivity (Wildman–Crippen MR) is 243 cm³/mol. The summed E-state index contributed by atoms with van der Waals surface area (Å²) < 4.78 is 6.04. The summed E-state index contributed by atoms with van der Waals surface area (Å²) >= 11 is 16.5. The van der Waals surface area contributed by atoms with Gasteiger partial charge < -0.3 is 0 Å². The normalized spacial score (nSPS) is 11.9. The summed E-state index contributed by atoms with van der Waals surface area (Å²) in [5.74, 6) is 4.92.